The predicted molar refractivity (Wildman–Crippen MR) is 67.5 cm³/mol. The molecule has 0 aliphatic carbocycles. The number of esters is 1. The lowest BCUT2D eigenvalue weighted by Crippen LogP contribution is -2.44. The molecule has 4 heteroatoms. The quantitative estimate of drug-likeness (QED) is 0.773. The number of methoxy groups -OCH3 is 1. The molecule has 0 radical (unpaired) electrons. The average molecular weight is 236 g/mol. The van der Waals surface area contributed by atoms with E-state index in [1.165, 1.54) is 12.7 Å². The summed E-state index contributed by atoms with van der Waals surface area (Å²) in [5.41, 5.74) is 7.96. The Labute approximate surface area is 102 Å². The van der Waals surface area contributed by atoms with Crippen LogP contribution in [0.5, 0.6) is 0 Å². The number of nitrogens with zero attached hydrogens (tertiary/aromatic N) is 1. The number of benzene rings is 1. The lowest BCUT2D eigenvalue weighted by Gasteiger charge is -2.24. The highest BCUT2D eigenvalue weighted by atomic mass is 16.5. The summed E-state index contributed by atoms with van der Waals surface area (Å²) < 4.78 is 4.73. The van der Waals surface area contributed by atoms with Crippen LogP contribution in [0.4, 0.5) is 0 Å². The standard InChI is InChI=1S/C13H20N2O2/c1-10-5-4-6-11(7-10)9-15(2)12(8-14)13(16)17-3/h4-7,12H,8-9,14H2,1-3H3. The Morgan fingerprint density at radius 3 is 2.76 bits per heavy atom. The molecule has 1 aromatic rings. The largest absolute Gasteiger partial charge is 0.468 e. The molecule has 1 aromatic carbocycles. The number of carbonyl (C=O) groups excluding carboxylic acids is 1. The van der Waals surface area contributed by atoms with Gasteiger partial charge in [-0.05, 0) is 19.5 Å². The second-order valence-electron chi connectivity index (χ2n) is 4.18. The minimum Gasteiger partial charge on any atom is -0.468 e. The van der Waals surface area contributed by atoms with Crippen molar-refractivity contribution in [2.75, 3.05) is 20.7 Å². The van der Waals surface area contributed by atoms with Gasteiger partial charge in [-0.25, -0.2) is 0 Å². The van der Waals surface area contributed by atoms with E-state index in [-0.39, 0.29) is 18.6 Å². The summed E-state index contributed by atoms with van der Waals surface area (Å²) >= 11 is 0. The van der Waals surface area contributed by atoms with Gasteiger partial charge in [0.25, 0.3) is 0 Å². The molecular weight excluding hydrogens is 216 g/mol. The van der Waals surface area contributed by atoms with Crippen molar-refractivity contribution >= 4 is 5.97 Å². The molecule has 17 heavy (non-hydrogen) atoms. The van der Waals surface area contributed by atoms with E-state index in [0.29, 0.717) is 6.54 Å². The van der Waals surface area contributed by atoms with Crippen molar-refractivity contribution in [3.05, 3.63) is 35.4 Å². The molecule has 2 N–H and O–H groups in total. The molecule has 1 rings (SSSR count). The summed E-state index contributed by atoms with van der Waals surface area (Å²) in [6, 6.07) is 7.80. The molecule has 0 aromatic heterocycles. The van der Waals surface area contributed by atoms with Gasteiger partial charge < -0.3 is 10.5 Å². The van der Waals surface area contributed by atoms with Gasteiger partial charge in [0.1, 0.15) is 6.04 Å². The number of hydrogen-bond donors (Lipinski definition) is 1. The number of hydrogen-bond acceptors (Lipinski definition) is 4. The zero-order valence-corrected chi connectivity index (χ0v) is 10.6. The third kappa shape index (κ3) is 3.84. The third-order valence-corrected chi connectivity index (χ3v) is 2.74. The molecular formula is C13H20N2O2. The third-order valence-electron chi connectivity index (χ3n) is 2.74. The Bertz CT molecular complexity index is 379. The van der Waals surface area contributed by atoms with Gasteiger partial charge in [0, 0.05) is 13.1 Å². The molecule has 0 fully saturated rings. The van der Waals surface area contributed by atoms with E-state index >= 15 is 0 Å². The summed E-state index contributed by atoms with van der Waals surface area (Å²) in [6.07, 6.45) is 0. The monoisotopic (exact) mass is 236 g/mol. The summed E-state index contributed by atoms with van der Waals surface area (Å²) in [5.74, 6) is -0.289. The first-order valence-electron chi connectivity index (χ1n) is 5.62. The fraction of sp³-hybridized carbons (Fsp3) is 0.462. The lowest BCUT2D eigenvalue weighted by molar-refractivity contribution is -0.146. The first kappa shape index (κ1) is 13.7. The molecule has 1 atom stereocenters. The summed E-state index contributed by atoms with van der Waals surface area (Å²) in [6.45, 7) is 2.98. The van der Waals surface area contributed by atoms with E-state index in [9.17, 15) is 4.79 Å². The molecule has 4 nitrogen and oxygen atoms in total. The van der Waals surface area contributed by atoms with E-state index in [4.69, 9.17) is 10.5 Å². The fourth-order valence-electron chi connectivity index (χ4n) is 1.80. The van der Waals surface area contributed by atoms with Crippen molar-refractivity contribution < 1.29 is 9.53 Å². The van der Waals surface area contributed by atoms with Crippen molar-refractivity contribution in [3.8, 4) is 0 Å². The van der Waals surface area contributed by atoms with E-state index in [0.717, 1.165) is 5.56 Å². The van der Waals surface area contributed by atoms with Crippen LogP contribution in [0.1, 0.15) is 11.1 Å². The minimum absolute atomic E-state index is 0.259. The highest BCUT2D eigenvalue weighted by Crippen LogP contribution is 2.09. The highest BCUT2D eigenvalue weighted by Gasteiger charge is 2.22. The van der Waals surface area contributed by atoms with E-state index in [1.54, 1.807) is 0 Å². The maximum atomic E-state index is 11.5. The number of rotatable bonds is 5. The highest BCUT2D eigenvalue weighted by molar-refractivity contribution is 5.75. The lowest BCUT2D eigenvalue weighted by atomic mass is 10.1. The summed E-state index contributed by atoms with van der Waals surface area (Å²) in [5, 5.41) is 0. The van der Waals surface area contributed by atoms with Crippen molar-refractivity contribution in [3.63, 3.8) is 0 Å². The fourth-order valence-corrected chi connectivity index (χ4v) is 1.80. The molecule has 0 bridgehead atoms. The summed E-state index contributed by atoms with van der Waals surface area (Å²) in [4.78, 5) is 13.4. The molecule has 94 valence electrons. The normalized spacial score (nSPS) is 12.5. The number of nitrogens with two attached hydrogens (primary N) is 1. The first-order valence-corrected chi connectivity index (χ1v) is 5.62. The number of aryl methyl sites for hydroxylation is 1. The second-order valence-corrected chi connectivity index (χ2v) is 4.18. The average Bonchev–Trinajstić information content (AvgIpc) is 2.29. The van der Waals surface area contributed by atoms with Crippen LogP contribution in [0, 0.1) is 6.92 Å². The van der Waals surface area contributed by atoms with E-state index in [2.05, 4.69) is 6.07 Å². The molecule has 0 aliphatic rings. The van der Waals surface area contributed by atoms with Crippen molar-refractivity contribution in [1.29, 1.82) is 0 Å². The van der Waals surface area contributed by atoms with Gasteiger partial charge in [0.15, 0.2) is 0 Å². The zero-order chi connectivity index (χ0) is 12.8. The van der Waals surface area contributed by atoms with Crippen molar-refractivity contribution in [2.24, 2.45) is 5.73 Å². The van der Waals surface area contributed by atoms with Crippen LogP contribution in [0.3, 0.4) is 0 Å². The van der Waals surface area contributed by atoms with E-state index < -0.39 is 0 Å². The molecule has 0 saturated carbocycles. The Balaban J connectivity index is 2.70. The molecule has 0 heterocycles. The van der Waals surface area contributed by atoms with Gasteiger partial charge in [0.2, 0.25) is 0 Å². The Morgan fingerprint density at radius 1 is 1.53 bits per heavy atom. The van der Waals surface area contributed by atoms with E-state index in [1.807, 2.05) is 37.1 Å². The number of carbonyl (C=O) groups is 1. The minimum atomic E-state index is -0.388. The van der Waals surface area contributed by atoms with Crippen molar-refractivity contribution in [1.82, 2.24) is 4.90 Å². The van der Waals surface area contributed by atoms with Crippen LogP contribution in [-0.4, -0.2) is 37.6 Å². The SMILES string of the molecule is COC(=O)C(CN)N(C)Cc1cccc(C)c1. The molecule has 0 amide bonds. The molecule has 1 unspecified atom stereocenters. The maximum Gasteiger partial charge on any atom is 0.324 e. The van der Waals surface area contributed by atoms with Gasteiger partial charge >= 0.3 is 5.97 Å². The van der Waals surface area contributed by atoms with Crippen LogP contribution in [0.2, 0.25) is 0 Å². The Kier molecular flexibility index (Phi) is 5.12. The van der Waals surface area contributed by atoms with Gasteiger partial charge in [-0.15, -0.1) is 0 Å². The Morgan fingerprint density at radius 2 is 2.24 bits per heavy atom. The van der Waals surface area contributed by atoms with Crippen molar-refractivity contribution in [2.45, 2.75) is 19.5 Å². The number of ether oxygens (including phenoxy) is 1. The topological polar surface area (TPSA) is 55.6 Å². The van der Waals surface area contributed by atoms with Gasteiger partial charge in [-0.3, -0.25) is 9.69 Å². The molecule has 0 saturated heterocycles. The van der Waals surface area contributed by atoms with Gasteiger partial charge in [-0.2, -0.15) is 0 Å². The van der Waals surface area contributed by atoms with Crippen LogP contribution in [-0.2, 0) is 16.1 Å². The summed E-state index contributed by atoms with van der Waals surface area (Å²) in [7, 11) is 3.25. The number of likely N-dealkylation sites (N-methyl/N-ethyl adjacent to an activating group) is 1. The molecule has 0 spiro atoms. The first-order chi connectivity index (χ1) is 8.08. The van der Waals surface area contributed by atoms with Gasteiger partial charge in [-0.1, -0.05) is 29.8 Å². The van der Waals surface area contributed by atoms with Crippen LogP contribution in [0.15, 0.2) is 24.3 Å². The smallest absolute Gasteiger partial charge is 0.324 e. The maximum absolute atomic E-state index is 11.5. The van der Waals surface area contributed by atoms with Crippen LogP contribution >= 0.6 is 0 Å². The predicted octanol–water partition coefficient (Wildman–Crippen LogP) is 0.927. The molecule has 0 aliphatic heterocycles. The second kappa shape index (κ2) is 6.37. The van der Waals surface area contributed by atoms with Gasteiger partial charge in [0.05, 0.1) is 7.11 Å². The van der Waals surface area contributed by atoms with Crippen LogP contribution < -0.4 is 5.73 Å². The van der Waals surface area contributed by atoms with Crippen LogP contribution in [0.25, 0.3) is 0 Å². The zero-order valence-electron chi connectivity index (χ0n) is 10.6. The Hall–Kier alpha value is -1.39.